The van der Waals surface area contributed by atoms with Crippen LogP contribution in [0.5, 0.6) is 0 Å². The van der Waals surface area contributed by atoms with Crippen LogP contribution < -0.4 is 16.0 Å². The Hall–Kier alpha value is -1.63. The molecule has 1 aliphatic carbocycles. The van der Waals surface area contributed by atoms with Crippen molar-refractivity contribution < 1.29 is 14.4 Å². The standard InChI is InChI=1S/C20H34N4O3/c1-13-15(6-5-11-21-13)22-16(25)12-24-17(26)20(23-18(24)27)9-7-14(8-10-20)19(2,3)4/h13-15,21H,5-12H2,1-4H3,(H,22,25)(H,23,27). The highest BCUT2D eigenvalue weighted by Crippen LogP contribution is 2.43. The quantitative estimate of drug-likeness (QED) is 0.653. The second-order valence-corrected chi connectivity index (χ2v) is 9.60. The molecule has 2 heterocycles. The van der Waals surface area contributed by atoms with E-state index in [4.69, 9.17) is 0 Å². The topological polar surface area (TPSA) is 90.5 Å². The largest absolute Gasteiger partial charge is 0.350 e. The molecule has 1 saturated carbocycles. The third-order valence-electron chi connectivity index (χ3n) is 6.72. The van der Waals surface area contributed by atoms with Crippen LogP contribution in [0.15, 0.2) is 0 Å². The average molecular weight is 379 g/mol. The van der Waals surface area contributed by atoms with Crippen LogP contribution in [0.2, 0.25) is 0 Å². The number of carbonyl (C=O) groups is 3. The number of rotatable bonds is 3. The number of hydrogen-bond acceptors (Lipinski definition) is 4. The molecule has 2 atom stereocenters. The highest BCUT2D eigenvalue weighted by molar-refractivity contribution is 6.09. The first-order valence-electron chi connectivity index (χ1n) is 10.3. The van der Waals surface area contributed by atoms with E-state index >= 15 is 0 Å². The van der Waals surface area contributed by atoms with E-state index in [0.29, 0.717) is 18.8 Å². The lowest BCUT2D eigenvalue weighted by atomic mass is 9.67. The molecule has 3 fully saturated rings. The van der Waals surface area contributed by atoms with Crippen molar-refractivity contribution in [3.05, 3.63) is 0 Å². The van der Waals surface area contributed by atoms with Gasteiger partial charge in [-0.1, -0.05) is 20.8 Å². The average Bonchev–Trinajstić information content (AvgIpc) is 2.81. The first-order valence-corrected chi connectivity index (χ1v) is 10.3. The Balaban J connectivity index is 1.59. The van der Waals surface area contributed by atoms with Gasteiger partial charge in [-0.25, -0.2) is 4.79 Å². The summed E-state index contributed by atoms with van der Waals surface area (Å²) >= 11 is 0. The molecule has 0 aromatic carbocycles. The van der Waals surface area contributed by atoms with Crippen molar-refractivity contribution in [1.29, 1.82) is 0 Å². The lowest BCUT2D eigenvalue weighted by Crippen LogP contribution is -2.54. The molecule has 2 unspecified atom stereocenters. The molecule has 3 aliphatic rings. The molecule has 3 N–H and O–H groups in total. The molecular formula is C20H34N4O3. The molecule has 1 spiro atoms. The Morgan fingerprint density at radius 3 is 2.48 bits per heavy atom. The number of amides is 4. The Morgan fingerprint density at radius 1 is 1.22 bits per heavy atom. The van der Waals surface area contributed by atoms with Gasteiger partial charge in [0.2, 0.25) is 5.91 Å². The fourth-order valence-corrected chi connectivity index (χ4v) is 4.77. The normalized spacial score (nSPS) is 34.7. The SMILES string of the molecule is CC1NCCCC1NC(=O)CN1C(=O)NC2(CCC(C(C)(C)C)CC2)C1=O. The number of nitrogens with zero attached hydrogens (tertiary/aromatic N) is 1. The van der Waals surface area contributed by atoms with Crippen LogP contribution >= 0.6 is 0 Å². The van der Waals surface area contributed by atoms with Crippen molar-refractivity contribution in [3.63, 3.8) is 0 Å². The van der Waals surface area contributed by atoms with E-state index in [-0.39, 0.29) is 35.9 Å². The minimum atomic E-state index is -0.807. The van der Waals surface area contributed by atoms with Crippen LogP contribution in [0.1, 0.15) is 66.2 Å². The number of piperidine rings is 1. The van der Waals surface area contributed by atoms with Gasteiger partial charge in [-0.2, -0.15) is 0 Å². The van der Waals surface area contributed by atoms with Crippen LogP contribution in [-0.4, -0.2) is 53.5 Å². The van der Waals surface area contributed by atoms with Gasteiger partial charge >= 0.3 is 6.03 Å². The Kier molecular flexibility index (Phi) is 5.52. The van der Waals surface area contributed by atoms with Crippen molar-refractivity contribution in [3.8, 4) is 0 Å². The zero-order valence-corrected chi connectivity index (χ0v) is 17.1. The van der Waals surface area contributed by atoms with E-state index in [1.54, 1.807) is 0 Å². The predicted octanol–water partition coefficient (Wildman–Crippen LogP) is 1.77. The van der Waals surface area contributed by atoms with Crippen LogP contribution in [0.3, 0.4) is 0 Å². The summed E-state index contributed by atoms with van der Waals surface area (Å²) in [6.45, 7) is 9.48. The van der Waals surface area contributed by atoms with Crippen molar-refractivity contribution in [2.24, 2.45) is 11.3 Å². The van der Waals surface area contributed by atoms with E-state index in [9.17, 15) is 14.4 Å². The molecule has 2 aliphatic heterocycles. The van der Waals surface area contributed by atoms with E-state index in [0.717, 1.165) is 37.1 Å². The van der Waals surface area contributed by atoms with Gasteiger partial charge in [0.15, 0.2) is 0 Å². The highest BCUT2D eigenvalue weighted by Gasteiger charge is 2.53. The summed E-state index contributed by atoms with van der Waals surface area (Å²) in [6, 6.07) is -0.188. The first-order chi connectivity index (χ1) is 12.6. The second-order valence-electron chi connectivity index (χ2n) is 9.60. The lowest BCUT2D eigenvalue weighted by Gasteiger charge is -2.40. The van der Waals surface area contributed by atoms with Gasteiger partial charge in [-0.3, -0.25) is 14.5 Å². The third kappa shape index (κ3) is 4.13. The van der Waals surface area contributed by atoms with Gasteiger partial charge in [0, 0.05) is 12.1 Å². The van der Waals surface area contributed by atoms with Crippen LogP contribution in [0.25, 0.3) is 0 Å². The zero-order chi connectivity index (χ0) is 19.8. The maximum absolute atomic E-state index is 13.0. The summed E-state index contributed by atoms with van der Waals surface area (Å²) in [7, 11) is 0. The van der Waals surface area contributed by atoms with Crippen molar-refractivity contribution >= 4 is 17.8 Å². The fourth-order valence-electron chi connectivity index (χ4n) is 4.77. The summed E-state index contributed by atoms with van der Waals surface area (Å²) < 4.78 is 0. The van der Waals surface area contributed by atoms with E-state index in [1.807, 2.05) is 6.92 Å². The summed E-state index contributed by atoms with van der Waals surface area (Å²) in [5.74, 6) is 0.0507. The summed E-state index contributed by atoms with van der Waals surface area (Å²) in [6.07, 6.45) is 5.07. The summed E-state index contributed by atoms with van der Waals surface area (Å²) in [5.41, 5.74) is -0.601. The molecule has 4 amide bonds. The maximum atomic E-state index is 13.0. The number of nitrogens with one attached hydrogen (secondary N) is 3. The van der Waals surface area contributed by atoms with Gasteiger partial charge in [-0.05, 0) is 63.3 Å². The van der Waals surface area contributed by atoms with Crippen LogP contribution in [0, 0.1) is 11.3 Å². The van der Waals surface area contributed by atoms with Gasteiger partial charge in [0.25, 0.3) is 5.91 Å². The minimum Gasteiger partial charge on any atom is -0.350 e. The van der Waals surface area contributed by atoms with Crippen LogP contribution in [0.4, 0.5) is 4.79 Å². The maximum Gasteiger partial charge on any atom is 0.325 e. The highest BCUT2D eigenvalue weighted by atomic mass is 16.2. The molecule has 0 bridgehead atoms. The van der Waals surface area contributed by atoms with E-state index in [1.165, 1.54) is 0 Å². The summed E-state index contributed by atoms with van der Waals surface area (Å²) in [5, 5.41) is 9.22. The fraction of sp³-hybridized carbons (Fsp3) is 0.850. The number of hydrogen-bond donors (Lipinski definition) is 3. The smallest absolute Gasteiger partial charge is 0.325 e. The van der Waals surface area contributed by atoms with Gasteiger partial charge < -0.3 is 16.0 Å². The van der Waals surface area contributed by atoms with E-state index in [2.05, 4.69) is 36.7 Å². The van der Waals surface area contributed by atoms with Crippen molar-refractivity contribution in [1.82, 2.24) is 20.9 Å². The second kappa shape index (κ2) is 7.41. The van der Waals surface area contributed by atoms with Gasteiger partial charge in [0.1, 0.15) is 12.1 Å². The van der Waals surface area contributed by atoms with Crippen molar-refractivity contribution in [2.75, 3.05) is 13.1 Å². The molecular weight excluding hydrogens is 344 g/mol. The van der Waals surface area contributed by atoms with E-state index < -0.39 is 11.6 Å². The molecule has 3 rings (SSSR count). The zero-order valence-electron chi connectivity index (χ0n) is 17.1. The molecule has 27 heavy (non-hydrogen) atoms. The monoisotopic (exact) mass is 378 g/mol. The summed E-state index contributed by atoms with van der Waals surface area (Å²) in [4.78, 5) is 39.0. The predicted molar refractivity (Wildman–Crippen MR) is 103 cm³/mol. The Morgan fingerprint density at radius 2 is 1.89 bits per heavy atom. The Bertz CT molecular complexity index is 605. The number of imide groups is 1. The molecule has 0 aromatic rings. The number of urea groups is 1. The molecule has 7 heteroatoms. The molecule has 152 valence electrons. The van der Waals surface area contributed by atoms with Crippen LogP contribution in [-0.2, 0) is 9.59 Å². The Labute approximate surface area is 162 Å². The minimum absolute atomic E-state index is 0.0446. The number of carbonyl (C=O) groups excluding carboxylic acids is 3. The lowest BCUT2D eigenvalue weighted by molar-refractivity contribution is -0.136. The van der Waals surface area contributed by atoms with Crippen molar-refractivity contribution in [2.45, 2.75) is 83.8 Å². The third-order valence-corrected chi connectivity index (χ3v) is 6.72. The molecule has 0 aromatic heterocycles. The van der Waals surface area contributed by atoms with Gasteiger partial charge in [0.05, 0.1) is 0 Å². The molecule has 7 nitrogen and oxygen atoms in total. The first kappa shape index (κ1) is 20.1. The molecule has 0 radical (unpaired) electrons. The molecule has 2 saturated heterocycles. The van der Waals surface area contributed by atoms with Gasteiger partial charge in [-0.15, -0.1) is 0 Å².